The lowest BCUT2D eigenvalue weighted by atomic mass is 9.95. The Kier molecular flexibility index (Phi) is 8.20. The van der Waals surface area contributed by atoms with E-state index < -0.39 is 17.7 Å². The molecular weight excluding hydrogens is 686 g/mol. The molecule has 1 amide bonds. The summed E-state index contributed by atoms with van der Waals surface area (Å²) in [6.45, 7) is 3.15. The van der Waals surface area contributed by atoms with Gasteiger partial charge in [0.2, 0.25) is 0 Å². The van der Waals surface area contributed by atoms with Crippen LogP contribution in [0.3, 0.4) is 0 Å². The van der Waals surface area contributed by atoms with E-state index in [0.717, 1.165) is 63.0 Å². The number of halogens is 3. The highest BCUT2D eigenvalue weighted by Crippen LogP contribution is 2.48. The van der Waals surface area contributed by atoms with Crippen molar-refractivity contribution < 1.29 is 23.4 Å². The van der Waals surface area contributed by atoms with Gasteiger partial charge in [0.05, 0.1) is 39.2 Å². The number of aromatic nitrogens is 2. The molecule has 1 N–H and O–H groups in total. The van der Waals surface area contributed by atoms with Crippen molar-refractivity contribution in [3.63, 3.8) is 0 Å². The first-order valence-electron chi connectivity index (χ1n) is 16.8. The number of nitrogens with zero attached hydrogens (tertiary/aromatic N) is 8. The van der Waals surface area contributed by atoms with Crippen LogP contribution in [-0.2, 0) is 0 Å². The number of hydrogen-bond acceptors (Lipinski definition) is 9. The molecule has 0 spiro atoms. The fourth-order valence-electron chi connectivity index (χ4n) is 8.49. The zero-order valence-corrected chi connectivity index (χ0v) is 29.2. The van der Waals surface area contributed by atoms with E-state index in [-0.39, 0.29) is 60.9 Å². The summed E-state index contributed by atoms with van der Waals surface area (Å²) >= 11 is 7.94. The number of nitriles is 1. The summed E-state index contributed by atoms with van der Waals surface area (Å²) in [6.07, 6.45) is 6.20. The topological polar surface area (TPSA) is 121 Å². The summed E-state index contributed by atoms with van der Waals surface area (Å²) in [4.78, 5) is 33.6. The summed E-state index contributed by atoms with van der Waals surface area (Å²) in [7, 11) is 3.56. The predicted octanol–water partition coefficient (Wildman–Crippen LogP) is 6.87. The van der Waals surface area contributed by atoms with Crippen LogP contribution < -0.4 is 9.64 Å². The van der Waals surface area contributed by atoms with E-state index in [2.05, 4.69) is 20.9 Å². The molecule has 2 atom stereocenters. The highest BCUT2D eigenvalue weighted by molar-refractivity contribution is 7.23. The van der Waals surface area contributed by atoms with Gasteiger partial charge in [0.15, 0.2) is 5.82 Å². The molecule has 0 aliphatic carbocycles. The van der Waals surface area contributed by atoms with Crippen LogP contribution in [0.5, 0.6) is 6.01 Å². The number of thiophene rings is 1. The van der Waals surface area contributed by atoms with E-state index in [1.807, 2.05) is 4.90 Å². The number of amides is 1. The largest absolute Gasteiger partial charge is 0.465 e. The maximum absolute atomic E-state index is 17.2. The summed E-state index contributed by atoms with van der Waals surface area (Å²) < 4.78 is 39.0. The molecule has 4 fully saturated rings. The number of anilines is 1. The van der Waals surface area contributed by atoms with E-state index in [1.165, 1.54) is 23.4 Å². The number of ether oxygens (including phenoxy) is 1. The van der Waals surface area contributed by atoms with Gasteiger partial charge in [0.25, 0.3) is 0 Å². The number of rotatable bonds is 7. The Bertz CT molecular complexity index is 2100. The molecule has 15 heteroatoms. The molecule has 4 aliphatic rings. The molecule has 2 bridgehead atoms. The van der Waals surface area contributed by atoms with Gasteiger partial charge in [-0.1, -0.05) is 17.7 Å². The smallest absolute Gasteiger partial charge is 0.407 e. The van der Waals surface area contributed by atoms with Gasteiger partial charge >= 0.3 is 12.1 Å². The van der Waals surface area contributed by atoms with E-state index >= 15 is 8.78 Å². The van der Waals surface area contributed by atoms with Crippen molar-refractivity contribution in [1.29, 1.82) is 5.26 Å². The maximum atomic E-state index is 17.2. The molecule has 2 aromatic carbocycles. The van der Waals surface area contributed by atoms with Crippen LogP contribution in [0.1, 0.15) is 44.1 Å². The van der Waals surface area contributed by atoms with Crippen LogP contribution in [0, 0.1) is 23.0 Å². The van der Waals surface area contributed by atoms with E-state index in [0.29, 0.717) is 35.9 Å². The van der Waals surface area contributed by atoms with Crippen molar-refractivity contribution in [2.75, 3.05) is 51.8 Å². The summed E-state index contributed by atoms with van der Waals surface area (Å²) in [5.41, 5.74) is 0.204. The lowest BCUT2D eigenvalue weighted by Gasteiger charge is -2.40. The summed E-state index contributed by atoms with van der Waals surface area (Å²) in [5, 5.41) is 21.0. The fourth-order valence-corrected chi connectivity index (χ4v) is 9.81. The molecule has 6 heterocycles. The number of aliphatic imine (C=N–C) groups is 1. The molecule has 4 saturated heterocycles. The fraction of sp³-hybridized carbons (Fsp3) is 0.457. The van der Waals surface area contributed by atoms with Gasteiger partial charge in [-0.3, -0.25) is 9.80 Å². The molecule has 2 unspecified atom stereocenters. The molecule has 4 aromatic rings. The quantitative estimate of drug-likeness (QED) is 0.161. The first-order valence-corrected chi connectivity index (χ1v) is 18.0. The highest BCUT2D eigenvalue weighted by atomic mass is 35.5. The van der Waals surface area contributed by atoms with Crippen molar-refractivity contribution in [2.24, 2.45) is 4.99 Å². The van der Waals surface area contributed by atoms with Gasteiger partial charge in [0, 0.05) is 43.5 Å². The van der Waals surface area contributed by atoms with Crippen molar-refractivity contribution in [2.45, 2.75) is 56.1 Å². The average Bonchev–Trinajstić information content (AvgIpc) is 3.84. The first-order chi connectivity index (χ1) is 24.1. The molecule has 8 rings (SSSR count). The number of fused-ring (bicyclic) bond motifs is 5. The van der Waals surface area contributed by atoms with Gasteiger partial charge in [0.1, 0.15) is 34.8 Å². The molecule has 11 nitrogen and oxygen atoms in total. The molecular formula is C35H35ClF2N8O3S. The van der Waals surface area contributed by atoms with E-state index in [9.17, 15) is 15.2 Å². The first kappa shape index (κ1) is 32.9. The predicted molar refractivity (Wildman–Crippen MR) is 189 cm³/mol. The molecule has 0 radical (unpaired) electrons. The third-order valence-electron chi connectivity index (χ3n) is 10.7. The van der Waals surface area contributed by atoms with Crippen LogP contribution in [0.15, 0.2) is 23.2 Å². The monoisotopic (exact) mass is 720 g/mol. The third kappa shape index (κ3) is 5.29. The summed E-state index contributed by atoms with van der Waals surface area (Å²) in [5.74, 6) is -0.892. The lowest BCUT2D eigenvalue weighted by Crippen LogP contribution is -2.55. The maximum Gasteiger partial charge on any atom is 0.407 e. The van der Waals surface area contributed by atoms with Crippen LogP contribution in [0.2, 0.25) is 5.02 Å². The Morgan fingerprint density at radius 1 is 1.22 bits per heavy atom. The third-order valence-corrected chi connectivity index (χ3v) is 12.1. The zero-order valence-electron chi connectivity index (χ0n) is 27.6. The van der Waals surface area contributed by atoms with E-state index in [4.69, 9.17) is 21.3 Å². The Morgan fingerprint density at radius 2 is 1.94 bits per heavy atom. The zero-order chi connectivity index (χ0) is 34.9. The Balaban J connectivity index is 1.28. The van der Waals surface area contributed by atoms with Crippen LogP contribution in [0.25, 0.3) is 32.1 Å². The number of benzene rings is 2. The van der Waals surface area contributed by atoms with Crippen LogP contribution in [0.4, 0.5) is 24.4 Å². The molecule has 260 valence electrons. The van der Waals surface area contributed by atoms with Gasteiger partial charge in [-0.2, -0.15) is 15.2 Å². The van der Waals surface area contributed by atoms with Gasteiger partial charge in [-0.25, -0.2) is 18.6 Å². The average molecular weight is 721 g/mol. The Morgan fingerprint density at radius 3 is 2.60 bits per heavy atom. The van der Waals surface area contributed by atoms with Crippen molar-refractivity contribution in [3.05, 3.63) is 40.4 Å². The standard InChI is InChI=1S/C35H35ClF2N8O3S/c1-43(2)18-40-32-23(14-39)26-21(7-8-25(37)30(26)50-32)27-24(36)13-22-29(28(27)38)41-33(49-17-35-9-3-11-45(35)12-4-10-35)42-31(22)44-15-19-5-6-20(16-44)46(19)34(47)48/h7-8,13,18-20H,3-6,9-12,15-17H2,1-2H3,(H,47,48)/b40-18+. The van der Waals surface area contributed by atoms with Gasteiger partial charge in [-0.05, 0) is 69.3 Å². The van der Waals surface area contributed by atoms with Crippen molar-refractivity contribution >= 4 is 67.2 Å². The normalized spacial score (nSPS) is 21.4. The highest BCUT2D eigenvalue weighted by Gasteiger charge is 2.46. The minimum absolute atomic E-state index is 0.0238. The molecule has 50 heavy (non-hydrogen) atoms. The summed E-state index contributed by atoms with van der Waals surface area (Å²) in [6, 6.07) is 5.98. The second kappa shape index (κ2) is 12.5. The number of carboxylic acid groups (broad SMARTS) is 1. The lowest BCUT2D eigenvalue weighted by molar-refractivity contribution is 0.107. The molecule has 2 aromatic heterocycles. The molecule has 0 saturated carbocycles. The van der Waals surface area contributed by atoms with Crippen LogP contribution >= 0.6 is 22.9 Å². The Labute approximate surface area is 296 Å². The number of piperazine rings is 1. The van der Waals surface area contributed by atoms with Crippen molar-refractivity contribution in [3.8, 4) is 23.2 Å². The number of hydrogen-bond donors (Lipinski definition) is 1. The Hall–Kier alpha value is -4.32. The van der Waals surface area contributed by atoms with Gasteiger partial charge < -0.3 is 19.6 Å². The van der Waals surface area contributed by atoms with Crippen LogP contribution in [-0.4, -0.2) is 107 Å². The molecule has 4 aliphatic heterocycles. The van der Waals surface area contributed by atoms with E-state index in [1.54, 1.807) is 25.1 Å². The minimum Gasteiger partial charge on any atom is -0.465 e. The second-order valence-electron chi connectivity index (χ2n) is 13.9. The van der Waals surface area contributed by atoms with Gasteiger partial charge in [-0.15, -0.1) is 11.3 Å². The SMILES string of the molecule is CN(C)/C=N/c1sc2c(F)ccc(-c3c(Cl)cc4c(N5CC6CCC(C5)N6C(=O)O)nc(OCC56CCCN5CCC6)nc4c3F)c2c1C#N. The minimum atomic E-state index is -0.948. The second-order valence-corrected chi connectivity index (χ2v) is 15.3. The van der Waals surface area contributed by atoms with Crippen molar-refractivity contribution in [1.82, 2.24) is 24.7 Å². The number of carbonyl (C=O) groups is 1.